The molecule has 1 aromatic carbocycles. The van der Waals surface area contributed by atoms with Gasteiger partial charge in [0.05, 0.1) is 12.1 Å². The van der Waals surface area contributed by atoms with Crippen LogP contribution in [0, 0.1) is 0 Å². The second-order valence-corrected chi connectivity index (χ2v) is 5.98. The summed E-state index contributed by atoms with van der Waals surface area (Å²) in [5.41, 5.74) is 1.04. The van der Waals surface area contributed by atoms with Gasteiger partial charge in [0.2, 0.25) is 0 Å². The SMILES string of the molecule is CC1CSC(NC(C)c2ccc(Cl)cc2Cl)=N1. The van der Waals surface area contributed by atoms with Crippen LogP contribution in [0.1, 0.15) is 25.5 Å². The first-order valence-corrected chi connectivity index (χ1v) is 7.22. The predicted octanol–water partition coefficient (Wildman–Crippen LogP) is 4.14. The summed E-state index contributed by atoms with van der Waals surface area (Å²) < 4.78 is 0. The van der Waals surface area contributed by atoms with Crippen molar-refractivity contribution in [1.82, 2.24) is 5.32 Å². The normalized spacial score (nSPS) is 21.2. The van der Waals surface area contributed by atoms with Gasteiger partial charge in [-0.15, -0.1) is 0 Å². The van der Waals surface area contributed by atoms with E-state index in [2.05, 4.69) is 24.2 Å². The highest BCUT2D eigenvalue weighted by Crippen LogP contribution is 2.27. The number of aliphatic imine (C=N–C) groups is 1. The lowest BCUT2D eigenvalue weighted by atomic mass is 10.1. The van der Waals surface area contributed by atoms with Crippen LogP contribution in [0.2, 0.25) is 10.0 Å². The van der Waals surface area contributed by atoms with Gasteiger partial charge in [-0.25, -0.2) is 0 Å². The van der Waals surface area contributed by atoms with Crippen LogP contribution in [0.25, 0.3) is 0 Å². The van der Waals surface area contributed by atoms with E-state index in [1.807, 2.05) is 12.1 Å². The third kappa shape index (κ3) is 3.30. The molecule has 0 aromatic heterocycles. The third-order valence-corrected chi connectivity index (χ3v) is 4.28. The fourth-order valence-electron chi connectivity index (χ4n) is 1.67. The number of amidine groups is 1. The van der Waals surface area contributed by atoms with Crippen molar-refractivity contribution in [3.63, 3.8) is 0 Å². The molecule has 1 heterocycles. The molecule has 1 aliphatic rings. The van der Waals surface area contributed by atoms with Crippen LogP contribution in [-0.4, -0.2) is 17.0 Å². The van der Waals surface area contributed by atoms with Crippen LogP contribution >= 0.6 is 35.0 Å². The smallest absolute Gasteiger partial charge is 0.157 e. The van der Waals surface area contributed by atoms with Crippen molar-refractivity contribution in [1.29, 1.82) is 0 Å². The van der Waals surface area contributed by atoms with Crippen LogP contribution < -0.4 is 5.32 Å². The molecule has 0 saturated heterocycles. The van der Waals surface area contributed by atoms with Crippen molar-refractivity contribution >= 4 is 40.1 Å². The summed E-state index contributed by atoms with van der Waals surface area (Å²) in [6.07, 6.45) is 0. The Labute approximate surface area is 116 Å². The first kappa shape index (κ1) is 13.1. The Hall–Kier alpha value is -0.380. The Kier molecular flexibility index (Phi) is 4.23. The van der Waals surface area contributed by atoms with E-state index in [0.717, 1.165) is 16.5 Å². The van der Waals surface area contributed by atoms with E-state index in [0.29, 0.717) is 16.1 Å². The molecular formula is C12H14Cl2N2S. The molecule has 1 N–H and O–H groups in total. The van der Waals surface area contributed by atoms with E-state index in [1.165, 1.54) is 0 Å². The standard InChI is InChI=1S/C12H14Cl2N2S/c1-7-6-17-12(15-7)16-8(2)10-4-3-9(13)5-11(10)14/h3-5,7-8H,6H2,1-2H3,(H,15,16). The van der Waals surface area contributed by atoms with Gasteiger partial charge in [0.1, 0.15) is 0 Å². The first-order valence-electron chi connectivity index (χ1n) is 5.48. The minimum absolute atomic E-state index is 0.135. The van der Waals surface area contributed by atoms with E-state index >= 15 is 0 Å². The molecule has 2 atom stereocenters. The van der Waals surface area contributed by atoms with Gasteiger partial charge in [-0.1, -0.05) is 41.0 Å². The molecule has 0 spiro atoms. The molecule has 2 unspecified atom stereocenters. The van der Waals surface area contributed by atoms with E-state index in [4.69, 9.17) is 23.2 Å². The Balaban J connectivity index is 2.09. The van der Waals surface area contributed by atoms with Crippen molar-refractivity contribution in [2.45, 2.75) is 25.9 Å². The van der Waals surface area contributed by atoms with Gasteiger partial charge in [0, 0.05) is 15.8 Å². The maximum absolute atomic E-state index is 6.17. The van der Waals surface area contributed by atoms with Gasteiger partial charge in [0.25, 0.3) is 0 Å². The number of benzene rings is 1. The summed E-state index contributed by atoms with van der Waals surface area (Å²) in [5.74, 6) is 1.05. The molecule has 1 aromatic rings. The lowest BCUT2D eigenvalue weighted by molar-refractivity contribution is 0.718. The molecule has 2 rings (SSSR count). The zero-order chi connectivity index (χ0) is 12.4. The number of hydrogen-bond donors (Lipinski definition) is 1. The molecule has 2 nitrogen and oxygen atoms in total. The summed E-state index contributed by atoms with van der Waals surface area (Å²) in [6.45, 7) is 4.18. The van der Waals surface area contributed by atoms with Gasteiger partial charge < -0.3 is 5.32 Å². The summed E-state index contributed by atoms with van der Waals surface area (Å²) in [6, 6.07) is 6.11. The van der Waals surface area contributed by atoms with Gasteiger partial charge in [-0.3, -0.25) is 4.99 Å². The van der Waals surface area contributed by atoms with Crippen molar-refractivity contribution in [3.05, 3.63) is 33.8 Å². The third-order valence-electron chi connectivity index (χ3n) is 2.57. The average Bonchev–Trinajstić information content (AvgIpc) is 2.63. The van der Waals surface area contributed by atoms with E-state index in [9.17, 15) is 0 Å². The van der Waals surface area contributed by atoms with Crippen molar-refractivity contribution in [3.8, 4) is 0 Å². The summed E-state index contributed by atoms with van der Waals surface area (Å²) in [5, 5.41) is 5.72. The predicted molar refractivity (Wildman–Crippen MR) is 77.4 cm³/mol. The summed E-state index contributed by atoms with van der Waals surface area (Å²) in [7, 11) is 0. The number of nitrogens with zero attached hydrogens (tertiary/aromatic N) is 1. The highest BCUT2D eigenvalue weighted by Gasteiger charge is 2.17. The number of thioether (sulfide) groups is 1. The van der Waals surface area contributed by atoms with Crippen LogP contribution in [0.4, 0.5) is 0 Å². The molecular weight excluding hydrogens is 275 g/mol. The molecule has 0 radical (unpaired) electrons. The fraction of sp³-hybridized carbons (Fsp3) is 0.417. The molecule has 17 heavy (non-hydrogen) atoms. The molecule has 0 bridgehead atoms. The highest BCUT2D eigenvalue weighted by molar-refractivity contribution is 8.14. The number of rotatable bonds is 2. The number of halogens is 2. The number of nitrogens with one attached hydrogen (secondary N) is 1. The van der Waals surface area contributed by atoms with Crippen LogP contribution in [-0.2, 0) is 0 Å². The molecule has 0 amide bonds. The van der Waals surface area contributed by atoms with E-state index < -0.39 is 0 Å². The van der Waals surface area contributed by atoms with Gasteiger partial charge >= 0.3 is 0 Å². The Morgan fingerprint density at radius 2 is 2.24 bits per heavy atom. The first-order chi connectivity index (χ1) is 8.06. The topological polar surface area (TPSA) is 24.4 Å². The summed E-state index contributed by atoms with van der Waals surface area (Å²) in [4.78, 5) is 4.50. The number of hydrogen-bond acceptors (Lipinski definition) is 3. The maximum Gasteiger partial charge on any atom is 0.157 e. The van der Waals surface area contributed by atoms with Crippen LogP contribution in [0.3, 0.4) is 0 Å². The second-order valence-electron chi connectivity index (χ2n) is 4.13. The van der Waals surface area contributed by atoms with Crippen molar-refractivity contribution < 1.29 is 0 Å². The molecule has 5 heteroatoms. The van der Waals surface area contributed by atoms with Crippen molar-refractivity contribution in [2.75, 3.05) is 5.75 Å². The Bertz CT molecular complexity index is 448. The van der Waals surface area contributed by atoms with E-state index in [-0.39, 0.29) is 6.04 Å². The Morgan fingerprint density at radius 3 is 2.82 bits per heavy atom. The molecule has 92 valence electrons. The monoisotopic (exact) mass is 288 g/mol. The molecule has 0 aliphatic carbocycles. The quantitative estimate of drug-likeness (QED) is 0.885. The Morgan fingerprint density at radius 1 is 1.47 bits per heavy atom. The van der Waals surface area contributed by atoms with Gasteiger partial charge in [0.15, 0.2) is 5.17 Å². The lowest BCUT2D eigenvalue weighted by Crippen LogP contribution is -2.23. The lowest BCUT2D eigenvalue weighted by Gasteiger charge is -2.16. The highest BCUT2D eigenvalue weighted by atomic mass is 35.5. The molecule has 0 saturated carbocycles. The van der Waals surface area contributed by atoms with Crippen LogP contribution in [0.15, 0.2) is 23.2 Å². The maximum atomic E-state index is 6.17. The largest absolute Gasteiger partial charge is 0.358 e. The van der Waals surface area contributed by atoms with Crippen LogP contribution in [0.5, 0.6) is 0 Å². The van der Waals surface area contributed by atoms with Gasteiger partial charge in [-0.05, 0) is 31.5 Å². The van der Waals surface area contributed by atoms with Crippen molar-refractivity contribution in [2.24, 2.45) is 4.99 Å². The average molecular weight is 289 g/mol. The zero-order valence-corrected chi connectivity index (χ0v) is 12.0. The molecule has 0 fully saturated rings. The molecule has 1 aliphatic heterocycles. The zero-order valence-electron chi connectivity index (χ0n) is 9.71. The second kappa shape index (κ2) is 5.51. The fourth-order valence-corrected chi connectivity index (χ4v) is 3.23. The van der Waals surface area contributed by atoms with E-state index in [1.54, 1.807) is 17.8 Å². The minimum Gasteiger partial charge on any atom is -0.358 e. The minimum atomic E-state index is 0.135. The summed E-state index contributed by atoms with van der Waals surface area (Å²) >= 11 is 13.8. The van der Waals surface area contributed by atoms with Gasteiger partial charge in [-0.2, -0.15) is 0 Å².